The van der Waals surface area contributed by atoms with Crippen molar-refractivity contribution in [2.24, 2.45) is 0 Å². The van der Waals surface area contributed by atoms with Crippen molar-refractivity contribution in [3.05, 3.63) is 90.7 Å². The first-order chi connectivity index (χ1) is 29.2. The maximum Gasteiger partial charge on any atom is 0.162 e. The molecule has 4 atom stereocenters. The fourth-order valence-corrected chi connectivity index (χ4v) is 9.54. The fraction of sp³-hybridized carbons (Fsp3) is 0.455. The highest BCUT2D eigenvalue weighted by Gasteiger charge is 2.31. The van der Waals surface area contributed by atoms with E-state index in [4.69, 9.17) is 37.9 Å². The highest BCUT2D eigenvalue weighted by molar-refractivity contribution is 9.11. The lowest BCUT2D eigenvalue weighted by Crippen LogP contribution is -2.53. The number of piperazine rings is 2. The van der Waals surface area contributed by atoms with E-state index in [-0.39, 0.29) is 24.4 Å². The first-order valence-electron chi connectivity index (χ1n) is 20.5. The van der Waals surface area contributed by atoms with E-state index in [0.717, 1.165) is 142 Å². The van der Waals surface area contributed by atoms with E-state index < -0.39 is 0 Å². The molecule has 0 amide bonds. The van der Waals surface area contributed by atoms with E-state index in [2.05, 4.69) is 83.3 Å². The van der Waals surface area contributed by atoms with Crippen LogP contribution in [0.15, 0.2) is 90.7 Å². The summed E-state index contributed by atoms with van der Waals surface area (Å²) in [4.78, 5) is 9.83. The Kier molecular flexibility index (Phi) is 13.8. The fourth-order valence-electron chi connectivity index (χ4n) is 8.18. The Hall–Kier alpha value is -2.96. The maximum absolute atomic E-state index is 6.16. The van der Waals surface area contributed by atoms with Gasteiger partial charge in [0.15, 0.2) is 46.0 Å². The van der Waals surface area contributed by atoms with Gasteiger partial charge in [-0.15, -0.1) is 0 Å². The van der Waals surface area contributed by atoms with Gasteiger partial charge < -0.3 is 37.9 Å². The molecule has 0 spiro atoms. The van der Waals surface area contributed by atoms with Crippen LogP contribution in [0.4, 0.5) is 0 Å². The van der Waals surface area contributed by atoms with E-state index in [1.165, 1.54) is 0 Å². The molecule has 0 aliphatic carbocycles. The van der Waals surface area contributed by atoms with Crippen LogP contribution in [0.3, 0.4) is 0 Å². The molecule has 10 rings (SSSR count). The lowest BCUT2D eigenvalue weighted by atomic mass is 10.2. The van der Waals surface area contributed by atoms with Crippen LogP contribution in [0.25, 0.3) is 0 Å². The van der Waals surface area contributed by atoms with Crippen molar-refractivity contribution in [2.75, 3.05) is 105 Å². The Morgan fingerprint density at radius 2 is 0.583 bits per heavy atom. The molecule has 16 heteroatoms. The quantitative estimate of drug-likeness (QED) is 0.174. The molecular weight excluding hydrogens is 1030 g/mol. The SMILES string of the molecule is Brc1ccc2c(c1)OC(CN1CCN(CC3COc4ccc(Br)cc4O3)CC1)CO2.Brc1ccc2c(c1)OCC(CN1CCN(CC3COc4cc(Br)ccc4O3)CC1)O2. The smallest absolute Gasteiger partial charge is 0.162 e. The van der Waals surface area contributed by atoms with E-state index in [1.54, 1.807) is 0 Å². The van der Waals surface area contributed by atoms with Gasteiger partial charge in [0.25, 0.3) is 0 Å². The highest BCUT2D eigenvalue weighted by atomic mass is 79.9. The van der Waals surface area contributed by atoms with Crippen LogP contribution in [0, 0.1) is 0 Å². The van der Waals surface area contributed by atoms with Crippen LogP contribution in [-0.2, 0) is 0 Å². The van der Waals surface area contributed by atoms with Crippen molar-refractivity contribution >= 4 is 63.7 Å². The molecule has 4 aromatic carbocycles. The molecule has 12 nitrogen and oxygen atoms in total. The molecule has 4 unspecified atom stereocenters. The van der Waals surface area contributed by atoms with Gasteiger partial charge in [-0.25, -0.2) is 0 Å². The predicted molar refractivity (Wildman–Crippen MR) is 242 cm³/mol. The van der Waals surface area contributed by atoms with Gasteiger partial charge in [0.2, 0.25) is 0 Å². The minimum atomic E-state index is 0.0587. The zero-order valence-corrected chi connectivity index (χ0v) is 39.5. The van der Waals surface area contributed by atoms with Crippen LogP contribution < -0.4 is 37.9 Å². The molecule has 0 radical (unpaired) electrons. The van der Waals surface area contributed by atoms with Crippen molar-refractivity contribution in [2.45, 2.75) is 24.4 Å². The number of fused-ring (bicyclic) bond motifs is 4. The van der Waals surface area contributed by atoms with Crippen LogP contribution in [-0.4, -0.2) is 149 Å². The van der Waals surface area contributed by atoms with Gasteiger partial charge in [-0.05, 0) is 72.8 Å². The Bertz CT molecular complexity index is 1960. The number of benzene rings is 4. The third-order valence-electron chi connectivity index (χ3n) is 11.3. The zero-order valence-electron chi connectivity index (χ0n) is 33.1. The normalized spacial score (nSPS) is 23.9. The molecule has 6 aliphatic rings. The first kappa shape index (κ1) is 42.3. The summed E-state index contributed by atoms with van der Waals surface area (Å²) in [5.74, 6) is 6.57. The van der Waals surface area contributed by atoms with Crippen molar-refractivity contribution < 1.29 is 37.9 Å². The molecule has 6 heterocycles. The summed E-state index contributed by atoms with van der Waals surface area (Å²) >= 11 is 13.9. The van der Waals surface area contributed by atoms with Crippen molar-refractivity contribution in [3.8, 4) is 46.0 Å². The molecule has 320 valence electrons. The summed E-state index contributed by atoms with van der Waals surface area (Å²) in [5, 5.41) is 0. The third-order valence-corrected chi connectivity index (χ3v) is 13.2. The zero-order chi connectivity index (χ0) is 41.0. The van der Waals surface area contributed by atoms with Crippen LogP contribution in [0.1, 0.15) is 0 Å². The Morgan fingerprint density at radius 1 is 0.333 bits per heavy atom. The average molecular weight is 1080 g/mol. The lowest BCUT2D eigenvalue weighted by molar-refractivity contribution is 0.0200. The van der Waals surface area contributed by atoms with E-state index >= 15 is 0 Å². The number of rotatable bonds is 8. The van der Waals surface area contributed by atoms with Gasteiger partial charge in [0.1, 0.15) is 50.8 Å². The molecular formula is C44H48Br4N4O8. The summed E-state index contributed by atoms with van der Waals surface area (Å²) < 4.78 is 52.1. The highest BCUT2D eigenvalue weighted by Crippen LogP contribution is 2.38. The van der Waals surface area contributed by atoms with Gasteiger partial charge >= 0.3 is 0 Å². The number of halogens is 4. The minimum absolute atomic E-state index is 0.0587. The Balaban J connectivity index is 0.000000154. The molecule has 2 saturated heterocycles. The minimum Gasteiger partial charge on any atom is -0.486 e. The summed E-state index contributed by atoms with van der Waals surface area (Å²) in [7, 11) is 0. The van der Waals surface area contributed by atoms with Crippen molar-refractivity contribution in [1.82, 2.24) is 19.6 Å². The topological polar surface area (TPSA) is 86.8 Å². The molecule has 0 bridgehead atoms. The second-order valence-electron chi connectivity index (χ2n) is 15.8. The van der Waals surface area contributed by atoms with Gasteiger partial charge in [0.05, 0.1) is 0 Å². The number of hydrogen-bond donors (Lipinski definition) is 0. The second kappa shape index (κ2) is 19.6. The Morgan fingerprint density at radius 3 is 0.900 bits per heavy atom. The summed E-state index contributed by atoms with van der Waals surface area (Å²) in [6.45, 7) is 14.0. The molecule has 6 aliphatic heterocycles. The van der Waals surface area contributed by atoms with Crippen molar-refractivity contribution in [3.63, 3.8) is 0 Å². The van der Waals surface area contributed by atoms with E-state index in [1.807, 2.05) is 72.8 Å². The largest absolute Gasteiger partial charge is 0.486 e. The van der Waals surface area contributed by atoms with Crippen LogP contribution in [0.5, 0.6) is 46.0 Å². The lowest BCUT2D eigenvalue weighted by Gasteiger charge is -2.39. The third kappa shape index (κ3) is 11.0. The molecule has 0 N–H and O–H groups in total. The standard InChI is InChI=1S/2C22H24Br2N2O4/c23-15-1-3-19-21(9-15)27-13-17(29-19)11-25-5-7-26(8-6-25)12-18-14-28-22-10-16(24)2-4-20(22)30-18;23-15-1-3-19-21(9-15)29-17(13-27-19)11-25-5-7-26(8-6-25)12-18-14-28-20-4-2-16(24)10-22(20)30-18/h2*1-4,9-10,17-18H,5-8,11-14H2. The maximum atomic E-state index is 6.16. The molecule has 0 saturated carbocycles. The average Bonchev–Trinajstić information content (AvgIpc) is 3.25. The van der Waals surface area contributed by atoms with Crippen LogP contribution in [0.2, 0.25) is 0 Å². The van der Waals surface area contributed by atoms with Gasteiger partial charge in [-0.3, -0.25) is 19.6 Å². The number of ether oxygens (including phenoxy) is 8. The second-order valence-corrected chi connectivity index (χ2v) is 19.4. The van der Waals surface area contributed by atoms with Gasteiger partial charge in [-0.1, -0.05) is 63.7 Å². The predicted octanol–water partition coefficient (Wildman–Crippen LogP) is 7.62. The molecule has 4 aromatic rings. The monoisotopic (exact) mass is 1080 g/mol. The summed E-state index contributed by atoms with van der Waals surface area (Å²) in [6, 6.07) is 23.6. The Labute approximate surface area is 384 Å². The number of hydrogen-bond acceptors (Lipinski definition) is 12. The summed E-state index contributed by atoms with van der Waals surface area (Å²) in [5.41, 5.74) is 0. The molecule has 0 aromatic heterocycles. The number of nitrogens with zero attached hydrogens (tertiary/aromatic N) is 4. The van der Waals surface area contributed by atoms with E-state index in [9.17, 15) is 0 Å². The van der Waals surface area contributed by atoms with E-state index in [0.29, 0.717) is 26.4 Å². The molecule has 2 fully saturated rings. The van der Waals surface area contributed by atoms with Gasteiger partial charge in [-0.2, -0.15) is 0 Å². The van der Waals surface area contributed by atoms with Crippen molar-refractivity contribution in [1.29, 1.82) is 0 Å². The summed E-state index contributed by atoms with van der Waals surface area (Å²) in [6.07, 6.45) is 0.249. The molecule has 60 heavy (non-hydrogen) atoms. The van der Waals surface area contributed by atoms with Gasteiger partial charge in [0, 0.05) is 96.4 Å². The first-order valence-corrected chi connectivity index (χ1v) is 23.7. The van der Waals surface area contributed by atoms with Crippen LogP contribution >= 0.6 is 63.7 Å².